The highest BCUT2D eigenvalue weighted by atomic mass is 32.2. The molecule has 0 radical (unpaired) electrons. The Kier molecular flexibility index (Phi) is 14.2. The zero-order valence-electron chi connectivity index (χ0n) is 22.9. The third kappa shape index (κ3) is 12.3. The van der Waals surface area contributed by atoms with Crippen molar-refractivity contribution in [3.8, 4) is 0 Å². The minimum absolute atomic E-state index is 0.00856. The fourth-order valence-electron chi connectivity index (χ4n) is 3.88. The highest BCUT2D eigenvalue weighted by molar-refractivity contribution is 7.98. The number of aromatic amines is 1. The number of amides is 3. The number of nitrogens with zero attached hydrogens (tertiary/aromatic N) is 2. The van der Waals surface area contributed by atoms with Gasteiger partial charge in [-0.15, -0.1) is 0 Å². The molecule has 11 N–H and O–H groups in total. The van der Waals surface area contributed by atoms with E-state index in [0.29, 0.717) is 17.9 Å². The maximum Gasteiger partial charge on any atom is 0.326 e. The second-order valence-corrected chi connectivity index (χ2v) is 10.3. The van der Waals surface area contributed by atoms with Gasteiger partial charge in [-0.2, -0.15) is 11.8 Å². The van der Waals surface area contributed by atoms with Gasteiger partial charge in [0, 0.05) is 24.9 Å². The van der Waals surface area contributed by atoms with Crippen molar-refractivity contribution in [1.82, 2.24) is 25.9 Å². The molecule has 1 aromatic heterocycles. The van der Waals surface area contributed by atoms with E-state index in [-0.39, 0.29) is 38.2 Å². The fraction of sp³-hybridized carbons (Fsp3) is 0.462. The van der Waals surface area contributed by atoms with Gasteiger partial charge in [0.05, 0.1) is 12.4 Å². The van der Waals surface area contributed by atoms with Gasteiger partial charge in [-0.3, -0.25) is 19.4 Å². The Bertz CT molecular complexity index is 1140. The van der Waals surface area contributed by atoms with Crippen molar-refractivity contribution < 1.29 is 24.3 Å². The average Bonchev–Trinajstić information content (AvgIpc) is 3.45. The molecule has 1 aromatic carbocycles. The molecule has 0 aliphatic rings. The number of guanidine groups is 1. The number of hydrogen-bond acceptors (Lipinski definition) is 8. The minimum Gasteiger partial charge on any atom is -0.480 e. The number of carbonyl (C=O) groups excluding carboxylic acids is 3. The molecular weight excluding hydrogens is 550 g/mol. The number of aliphatic imine (C=N–C) groups is 1. The van der Waals surface area contributed by atoms with Gasteiger partial charge in [0.25, 0.3) is 0 Å². The number of carboxylic acid groups (broad SMARTS) is 1. The maximum absolute atomic E-state index is 13.4. The maximum atomic E-state index is 13.4. The van der Waals surface area contributed by atoms with Crippen LogP contribution in [0.3, 0.4) is 0 Å². The number of benzene rings is 1. The smallest absolute Gasteiger partial charge is 0.326 e. The molecular formula is C26H39N9O5S. The van der Waals surface area contributed by atoms with Gasteiger partial charge in [0.2, 0.25) is 17.7 Å². The van der Waals surface area contributed by atoms with E-state index in [1.807, 2.05) is 36.6 Å². The molecule has 2 rings (SSSR count). The third-order valence-electron chi connectivity index (χ3n) is 6.05. The first-order valence-electron chi connectivity index (χ1n) is 13.1. The summed E-state index contributed by atoms with van der Waals surface area (Å²) < 4.78 is 0. The average molecular weight is 590 g/mol. The molecule has 0 saturated carbocycles. The predicted octanol–water partition coefficient (Wildman–Crippen LogP) is -1.13. The first kappa shape index (κ1) is 33.1. The van der Waals surface area contributed by atoms with Crippen LogP contribution < -0.4 is 33.2 Å². The molecule has 41 heavy (non-hydrogen) atoms. The van der Waals surface area contributed by atoms with Crippen LogP contribution in [-0.2, 0) is 32.0 Å². The summed E-state index contributed by atoms with van der Waals surface area (Å²) in [5.74, 6) is -2.62. The van der Waals surface area contributed by atoms with Crippen molar-refractivity contribution in [2.45, 2.75) is 56.3 Å². The van der Waals surface area contributed by atoms with Crippen LogP contribution in [0.5, 0.6) is 0 Å². The summed E-state index contributed by atoms with van der Waals surface area (Å²) in [6, 6.07) is 5.01. The number of aromatic nitrogens is 2. The van der Waals surface area contributed by atoms with Gasteiger partial charge in [0.1, 0.15) is 18.1 Å². The van der Waals surface area contributed by atoms with Gasteiger partial charge in [-0.05, 0) is 43.3 Å². The minimum atomic E-state index is -1.24. The van der Waals surface area contributed by atoms with Gasteiger partial charge in [-0.1, -0.05) is 30.3 Å². The van der Waals surface area contributed by atoms with Crippen LogP contribution in [0.1, 0.15) is 30.5 Å². The summed E-state index contributed by atoms with van der Waals surface area (Å²) in [7, 11) is 0. The Morgan fingerprint density at radius 3 is 2.24 bits per heavy atom. The molecule has 0 spiro atoms. The normalized spacial score (nSPS) is 13.7. The second kappa shape index (κ2) is 17.6. The lowest BCUT2D eigenvalue weighted by molar-refractivity contribution is -0.142. The second-order valence-electron chi connectivity index (χ2n) is 9.33. The van der Waals surface area contributed by atoms with E-state index in [0.717, 1.165) is 5.56 Å². The molecule has 14 nitrogen and oxygen atoms in total. The number of nitrogens with one attached hydrogen (secondary N) is 4. The molecule has 0 fully saturated rings. The zero-order chi connectivity index (χ0) is 30.2. The molecule has 4 atom stereocenters. The van der Waals surface area contributed by atoms with E-state index < -0.39 is 47.9 Å². The van der Waals surface area contributed by atoms with Gasteiger partial charge in [-0.25, -0.2) is 9.78 Å². The highest BCUT2D eigenvalue weighted by Gasteiger charge is 2.30. The Morgan fingerprint density at radius 2 is 1.63 bits per heavy atom. The van der Waals surface area contributed by atoms with Crippen LogP contribution in [0.25, 0.3) is 0 Å². The molecule has 0 bridgehead atoms. The number of nitrogens with two attached hydrogens (primary N) is 3. The molecule has 1 heterocycles. The summed E-state index contributed by atoms with van der Waals surface area (Å²) in [6.45, 7) is 0.194. The highest BCUT2D eigenvalue weighted by Crippen LogP contribution is 2.07. The fourth-order valence-corrected chi connectivity index (χ4v) is 4.35. The van der Waals surface area contributed by atoms with Crippen molar-refractivity contribution in [2.75, 3.05) is 18.6 Å². The quantitative estimate of drug-likeness (QED) is 0.0590. The molecule has 0 saturated heterocycles. The van der Waals surface area contributed by atoms with E-state index in [2.05, 4.69) is 30.9 Å². The number of carboxylic acids is 1. The predicted molar refractivity (Wildman–Crippen MR) is 157 cm³/mol. The lowest BCUT2D eigenvalue weighted by Crippen LogP contribution is -2.58. The van der Waals surface area contributed by atoms with E-state index in [4.69, 9.17) is 17.2 Å². The first-order chi connectivity index (χ1) is 19.6. The van der Waals surface area contributed by atoms with Crippen LogP contribution in [0.2, 0.25) is 0 Å². The Hall–Kier alpha value is -4.11. The number of hydrogen-bond donors (Lipinski definition) is 8. The monoisotopic (exact) mass is 589 g/mol. The van der Waals surface area contributed by atoms with Gasteiger partial charge in [0.15, 0.2) is 5.96 Å². The molecule has 15 heteroatoms. The lowest BCUT2D eigenvalue weighted by atomic mass is 10.0. The van der Waals surface area contributed by atoms with Crippen molar-refractivity contribution >= 4 is 41.4 Å². The number of thioether (sulfide) groups is 1. The van der Waals surface area contributed by atoms with E-state index >= 15 is 0 Å². The first-order valence-corrected chi connectivity index (χ1v) is 14.4. The third-order valence-corrected chi connectivity index (χ3v) is 6.69. The van der Waals surface area contributed by atoms with Crippen LogP contribution in [0.4, 0.5) is 0 Å². The van der Waals surface area contributed by atoms with E-state index in [9.17, 15) is 24.3 Å². The number of imidazole rings is 1. The summed E-state index contributed by atoms with van der Waals surface area (Å²) in [4.78, 5) is 61.9. The Morgan fingerprint density at radius 1 is 0.976 bits per heavy atom. The standard InChI is InChI=1S/C26H39N9O5S/c1-41-11-9-19(33-22(36)18(27)12-16-6-3-2-4-7-16)23(37)35-21(13-17-14-30-15-32-17)24(38)34-20(25(39)40)8-5-10-31-26(28)29/h2-4,6-7,14-15,18-21H,5,8-13,27H2,1H3,(H,30,32)(H,33,36)(H,34,38)(H,35,37)(H,39,40)(H4,28,29,31). The Balaban J connectivity index is 2.13. The number of rotatable bonds is 18. The summed E-state index contributed by atoms with van der Waals surface area (Å²) in [5.41, 5.74) is 18.1. The number of H-pyrrole nitrogens is 1. The topological polar surface area (TPSA) is 244 Å². The molecule has 3 amide bonds. The number of aliphatic carboxylic acids is 1. The van der Waals surface area contributed by atoms with Crippen LogP contribution in [-0.4, -0.2) is 87.4 Å². The van der Waals surface area contributed by atoms with Gasteiger partial charge < -0.3 is 43.2 Å². The van der Waals surface area contributed by atoms with Crippen molar-refractivity contribution in [3.05, 3.63) is 54.1 Å². The summed E-state index contributed by atoms with van der Waals surface area (Å²) in [6.07, 6.45) is 5.73. The van der Waals surface area contributed by atoms with E-state index in [1.165, 1.54) is 24.3 Å². The molecule has 2 aromatic rings. The summed E-state index contributed by atoms with van der Waals surface area (Å²) >= 11 is 1.49. The molecule has 0 aliphatic heterocycles. The van der Waals surface area contributed by atoms with Crippen molar-refractivity contribution in [1.29, 1.82) is 0 Å². The molecule has 4 unspecified atom stereocenters. The lowest BCUT2D eigenvalue weighted by Gasteiger charge is -2.25. The van der Waals surface area contributed by atoms with Gasteiger partial charge >= 0.3 is 5.97 Å². The molecule has 0 aliphatic carbocycles. The van der Waals surface area contributed by atoms with Crippen molar-refractivity contribution in [3.63, 3.8) is 0 Å². The van der Waals surface area contributed by atoms with Crippen LogP contribution in [0.15, 0.2) is 47.8 Å². The van der Waals surface area contributed by atoms with Crippen LogP contribution in [0, 0.1) is 0 Å². The largest absolute Gasteiger partial charge is 0.480 e. The molecule has 224 valence electrons. The van der Waals surface area contributed by atoms with Crippen LogP contribution >= 0.6 is 11.8 Å². The zero-order valence-corrected chi connectivity index (χ0v) is 23.7. The SMILES string of the molecule is CSCCC(NC(=O)C(N)Cc1ccccc1)C(=O)NC(Cc1cnc[nH]1)C(=O)NC(CCCN=C(N)N)C(=O)O. The van der Waals surface area contributed by atoms with Crippen molar-refractivity contribution in [2.24, 2.45) is 22.2 Å². The number of carbonyl (C=O) groups is 4. The Labute approximate surface area is 242 Å². The van der Waals surface area contributed by atoms with E-state index in [1.54, 1.807) is 0 Å². The summed E-state index contributed by atoms with van der Waals surface area (Å²) in [5, 5.41) is 17.5.